The van der Waals surface area contributed by atoms with Crippen molar-refractivity contribution in [2.45, 2.75) is 44.5 Å². The maximum absolute atomic E-state index is 12.5. The van der Waals surface area contributed by atoms with Gasteiger partial charge in [-0.15, -0.1) is 5.10 Å². The first kappa shape index (κ1) is 22.1. The third-order valence-electron chi connectivity index (χ3n) is 4.91. The van der Waals surface area contributed by atoms with Gasteiger partial charge < -0.3 is 15.0 Å². The monoisotopic (exact) mass is 433 g/mol. The topological polar surface area (TPSA) is 109 Å². The Bertz CT molecular complexity index is 931. The van der Waals surface area contributed by atoms with E-state index in [2.05, 4.69) is 15.5 Å². The van der Waals surface area contributed by atoms with E-state index in [-0.39, 0.29) is 29.4 Å². The number of hydrogen-bond donors (Lipinski definition) is 2. The average Bonchev–Trinajstić information content (AvgIpc) is 3.38. The highest BCUT2D eigenvalue weighted by atomic mass is 32.2. The number of nitrogens with one attached hydrogen (secondary N) is 2. The number of carbonyl (C=O) groups excluding carboxylic acids is 2. The van der Waals surface area contributed by atoms with Gasteiger partial charge in [0.1, 0.15) is 0 Å². The number of ether oxygens (including phenoxy) is 1. The van der Waals surface area contributed by atoms with Gasteiger partial charge in [-0.25, -0.2) is 9.89 Å². The first-order chi connectivity index (χ1) is 14.5. The van der Waals surface area contributed by atoms with Crippen LogP contribution in [0.1, 0.15) is 37.0 Å². The Labute approximate surface area is 179 Å². The Kier molecular flexibility index (Phi) is 7.69. The van der Waals surface area contributed by atoms with Crippen LogP contribution in [0.5, 0.6) is 0 Å². The van der Waals surface area contributed by atoms with Gasteiger partial charge in [0, 0.05) is 30.9 Å². The SMILES string of the molecule is CCN(CC)C(=O)c1cccc(NC(=O)CSc2n[nH]c(=O)n2CC2CCCO2)c1. The molecule has 0 bridgehead atoms. The number of aromatic nitrogens is 3. The summed E-state index contributed by atoms with van der Waals surface area (Å²) in [4.78, 5) is 38.6. The third kappa shape index (κ3) is 5.51. The van der Waals surface area contributed by atoms with Crippen molar-refractivity contribution in [2.75, 3.05) is 30.8 Å². The number of rotatable bonds is 9. The zero-order chi connectivity index (χ0) is 21.5. The molecular weight excluding hydrogens is 406 g/mol. The lowest BCUT2D eigenvalue weighted by molar-refractivity contribution is -0.113. The summed E-state index contributed by atoms with van der Waals surface area (Å²) in [5, 5.41) is 9.70. The Hall–Kier alpha value is -2.59. The summed E-state index contributed by atoms with van der Waals surface area (Å²) in [5.41, 5.74) is 0.773. The lowest BCUT2D eigenvalue weighted by Crippen LogP contribution is -2.30. The molecule has 2 heterocycles. The number of carbonyl (C=O) groups is 2. The summed E-state index contributed by atoms with van der Waals surface area (Å²) < 4.78 is 7.09. The molecule has 162 valence electrons. The van der Waals surface area contributed by atoms with Crippen LogP contribution >= 0.6 is 11.8 Å². The summed E-state index contributed by atoms with van der Waals surface area (Å²) in [7, 11) is 0. The van der Waals surface area contributed by atoms with E-state index in [1.165, 1.54) is 16.3 Å². The fourth-order valence-corrected chi connectivity index (χ4v) is 4.07. The zero-order valence-corrected chi connectivity index (χ0v) is 18.0. The molecule has 0 saturated carbocycles. The molecule has 30 heavy (non-hydrogen) atoms. The molecule has 9 nitrogen and oxygen atoms in total. The molecule has 1 unspecified atom stereocenters. The molecule has 1 atom stereocenters. The summed E-state index contributed by atoms with van der Waals surface area (Å²) in [6.45, 7) is 6.24. The van der Waals surface area contributed by atoms with Crippen molar-refractivity contribution in [1.82, 2.24) is 19.7 Å². The number of anilines is 1. The van der Waals surface area contributed by atoms with Crippen molar-refractivity contribution < 1.29 is 14.3 Å². The second-order valence-electron chi connectivity index (χ2n) is 6.95. The molecule has 2 N–H and O–H groups in total. The minimum atomic E-state index is -0.309. The van der Waals surface area contributed by atoms with Gasteiger partial charge in [0.15, 0.2) is 5.16 Å². The fraction of sp³-hybridized carbons (Fsp3) is 0.500. The maximum atomic E-state index is 12.5. The molecular formula is C20H27N5O4S. The second-order valence-corrected chi connectivity index (χ2v) is 7.89. The average molecular weight is 434 g/mol. The molecule has 3 rings (SSSR count). The number of amides is 2. The molecule has 0 aliphatic carbocycles. The normalized spacial score (nSPS) is 15.9. The predicted molar refractivity (Wildman–Crippen MR) is 115 cm³/mol. The van der Waals surface area contributed by atoms with E-state index < -0.39 is 0 Å². The van der Waals surface area contributed by atoms with Crippen LogP contribution in [0.2, 0.25) is 0 Å². The van der Waals surface area contributed by atoms with Crippen LogP contribution in [0.25, 0.3) is 0 Å². The summed E-state index contributed by atoms with van der Waals surface area (Å²) in [6, 6.07) is 6.89. The van der Waals surface area contributed by atoms with Gasteiger partial charge in [0.05, 0.1) is 18.4 Å². The molecule has 2 aromatic rings. The minimum absolute atomic E-state index is 0.000407. The van der Waals surface area contributed by atoms with Crippen molar-refractivity contribution in [3.05, 3.63) is 40.3 Å². The molecule has 1 aliphatic heterocycles. The fourth-order valence-electron chi connectivity index (χ4n) is 3.32. The van der Waals surface area contributed by atoms with E-state index in [0.717, 1.165) is 12.8 Å². The largest absolute Gasteiger partial charge is 0.376 e. The van der Waals surface area contributed by atoms with Gasteiger partial charge in [0.2, 0.25) is 5.91 Å². The van der Waals surface area contributed by atoms with E-state index in [1.807, 2.05) is 13.8 Å². The number of hydrogen-bond acceptors (Lipinski definition) is 6. The second kappa shape index (κ2) is 10.4. The molecule has 1 saturated heterocycles. The highest BCUT2D eigenvalue weighted by molar-refractivity contribution is 7.99. The van der Waals surface area contributed by atoms with Crippen molar-refractivity contribution in [3.8, 4) is 0 Å². The summed E-state index contributed by atoms with van der Waals surface area (Å²) in [5.74, 6) is -0.226. The van der Waals surface area contributed by atoms with Crippen molar-refractivity contribution in [2.24, 2.45) is 0 Å². The first-order valence-corrected chi connectivity index (χ1v) is 11.1. The van der Waals surface area contributed by atoms with Crippen molar-refractivity contribution in [1.29, 1.82) is 0 Å². The summed E-state index contributed by atoms with van der Waals surface area (Å²) in [6.07, 6.45) is 1.89. The number of aromatic amines is 1. The van der Waals surface area contributed by atoms with Gasteiger partial charge in [-0.05, 0) is 44.9 Å². The number of thioether (sulfide) groups is 1. The number of H-pyrrole nitrogens is 1. The van der Waals surface area contributed by atoms with Gasteiger partial charge >= 0.3 is 5.69 Å². The highest BCUT2D eigenvalue weighted by Gasteiger charge is 2.20. The number of benzene rings is 1. The Morgan fingerprint density at radius 3 is 2.87 bits per heavy atom. The Morgan fingerprint density at radius 2 is 2.17 bits per heavy atom. The zero-order valence-electron chi connectivity index (χ0n) is 17.2. The van der Waals surface area contributed by atoms with Crippen molar-refractivity contribution >= 4 is 29.3 Å². The first-order valence-electron chi connectivity index (χ1n) is 10.1. The smallest absolute Gasteiger partial charge is 0.344 e. The van der Waals surface area contributed by atoms with Gasteiger partial charge in [0.25, 0.3) is 5.91 Å². The molecule has 1 aliphatic rings. The van der Waals surface area contributed by atoms with Crippen LogP contribution in [0.4, 0.5) is 5.69 Å². The van der Waals surface area contributed by atoms with Crippen LogP contribution < -0.4 is 11.0 Å². The highest BCUT2D eigenvalue weighted by Crippen LogP contribution is 2.19. The molecule has 1 fully saturated rings. The van der Waals surface area contributed by atoms with E-state index in [9.17, 15) is 14.4 Å². The third-order valence-corrected chi connectivity index (χ3v) is 5.89. The van der Waals surface area contributed by atoms with Crippen LogP contribution in [0.3, 0.4) is 0 Å². The predicted octanol–water partition coefficient (Wildman–Crippen LogP) is 1.96. The van der Waals surface area contributed by atoms with E-state index in [0.29, 0.717) is 42.6 Å². The molecule has 2 amide bonds. The van der Waals surface area contributed by atoms with Gasteiger partial charge in [-0.1, -0.05) is 17.8 Å². The van der Waals surface area contributed by atoms with Gasteiger partial charge in [-0.2, -0.15) is 0 Å². The van der Waals surface area contributed by atoms with E-state index >= 15 is 0 Å². The molecule has 0 radical (unpaired) electrons. The molecule has 0 spiro atoms. The Balaban J connectivity index is 1.58. The quantitative estimate of drug-likeness (QED) is 0.585. The van der Waals surface area contributed by atoms with E-state index in [1.54, 1.807) is 29.2 Å². The van der Waals surface area contributed by atoms with Crippen LogP contribution in [0, 0.1) is 0 Å². The van der Waals surface area contributed by atoms with Crippen LogP contribution in [-0.4, -0.2) is 63.0 Å². The minimum Gasteiger partial charge on any atom is -0.376 e. The van der Waals surface area contributed by atoms with Crippen LogP contribution in [0.15, 0.2) is 34.2 Å². The maximum Gasteiger partial charge on any atom is 0.344 e. The lowest BCUT2D eigenvalue weighted by Gasteiger charge is -2.19. The molecule has 1 aromatic heterocycles. The van der Waals surface area contributed by atoms with Gasteiger partial charge in [-0.3, -0.25) is 14.2 Å². The summed E-state index contributed by atoms with van der Waals surface area (Å²) >= 11 is 1.18. The van der Waals surface area contributed by atoms with Crippen LogP contribution in [-0.2, 0) is 16.1 Å². The molecule has 10 heteroatoms. The van der Waals surface area contributed by atoms with Crippen molar-refractivity contribution in [3.63, 3.8) is 0 Å². The molecule has 1 aromatic carbocycles. The lowest BCUT2D eigenvalue weighted by atomic mass is 10.1. The van der Waals surface area contributed by atoms with E-state index in [4.69, 9.17) is 4.74 Å². The number of nitrogens with zero attached hydrogens (tertiary/aromatic N) is 3. The standard InChI is InChI=1S/C20H27N5O4S/c1-3-24(4-2)18(27)14-7-5-8-15(11-14)21-17(26)13-30-20-23-22-19(28)25(20)12-16-9-6-10-29-16/h5,7-8,11,16H,3-4,6,9-10,12-13H2,1-2H3,(H,21,26)(H,22,28). The Morgan fingerprint density at radius 1 is 1.37 bits per heavy atom.